The fourth-order valence-electron chi connectivity index (χ4n) is 4.25. The Morgan fingerprint density at radius 1 is 1.09 bits per heavy atom. The van der Waals surface area contributed by atoms with Crippen LogP contribution >= 0.6 is 0 Å². The van der Waals surface area contributed by atoms with E-state index in [0.717, 1.165) is 31.7 Å². The molecule has 2 heterocycles. The number of aromatic nitrogens is 5. The Labute approximate surface area is 182 Å². The number of halogens is 2. The third kappa shape index (κ3) is 3.69. The molecular formula is C22H22F2N6O2. The van der Waals surface area contributed by atoms with Gasteiger partial charge in [-0.15, -0.1) is 10.2 Å². The number of hydrogen-bond acceptors (Lipinski definition) is 7. The van der Waals surface area contributed by atoms with Gasteiger partial charge in [0.15, 0.2) is 11.6 Å². The van der Waals surface area contributed by atoms with Crippen molar-refractivity contribution in [1.82, 2.24) is 24.7 Å². The number of phenols is 1. The molecule has 5 rings (SSSR count). The van der Waals surface area contributed by atoms with Crippen LogP contribution in [0.25, 0.3) is 22.6 Å². The van der Waals surface area contributed by atoms with Crippen molar-refractivity contribution < 1.29 is 13.9 Å². The molecule has 0 spiro atoms. The number of benzene rings is 1. The molecule has 2 unspecified atom stereocenters. The molecule has 10 heteroatoms. The smallest absolute Gasteiger partial charge is 0.253 e. The molecule has 2 atom stereocenters. The summed E-state index contributed by atoms with van der Waals surface area (Å²) in [4.78, 5) is 22.1. The van der Waals surface area contributed by atoms with E-state index < -0.39 is 12.0 Å². The summed E-state index contributed by atoms with van der Waals surface area (Å²) >= 11 is 0. The predicted molar refractivity (Wildman–Crippen MR) is 113 cm³/mol. The van der Waals surface area contributed by atoms with Crippen LogP contribution in [0.15, 0.2) is 35.5 Å². The van der Waals surface area contributed by atoms with Crippen LogP contribution < -0.4 is 10.5 Å². The van der Waals surface area contributed by atoms with Gasteiger partial charge in [0, 0.05) is 24.7 Å². The van der Waals surface area contributed by atoms with Crippen molar-refractivity contribution >= 4 is 5.82 Å². The van der Waals surface area contributed by atoms with E-state index in [0.29, 0.717) is 12.2 Å². The molecule has 3 aromatic rings. The van der Waals surface area contributed by atoms with Crippen LogP contribution in [0.4, 0.5) is 14.6 Å². The zero-order chi connectivity index (χ0) is 22.4. The fourth-order valence-corrected chi connectivity index (χ4v) is 4.25. The summed E-state index contributed by atoms with van der Waals surface area (Å²) in [5, 5.41) is 18.8. The molecule has 32 heavy (non-hydrogen) atoms. The van der Waals surface area contributed by atoms with Crippen LogP contribution in [0.1, 0.15) is 32.1 Å². The maximum atomic E-state index is 14.8. The molecular weight excluding hydrogens is 418 g/mol. The van der Waals surface area contributed by atoms with Gasteiger partial charge in [0.1, 0.15) is 17.7 Å². The van der Waals surface area contributed by atoms with E-state index in [4.69, 9.17) is 0 Å². The maximum Gasteiger partial charge on any atom is 0.253 e. The Morgan fingerprint density at radius 3 is 2.53 bits per heavy atom. The van der Waals surface area contributed by atoms with Gasteiger partial charge in [0.2, 0.25) is 0 Å². The van der Waals surface area contributed by atoms with Crippen LogP contribution in [0.2, 0.25) is 0 Å². The van der Waals surface area contributed by atoms with Crippen LogP contribution in [0.3, 0.4) is 0 Å². The Kier molecular flexibility index (Phi) is 5.07. The number of anilines is 1. The summed E-state index contributed by atoms with van der Waals surface area (Å²) < 4.78 is 30.4. The van der Waals surface area contributed by atoms with Crippen molar-refractivity contribution in [3.05, 3.63) is 46.9 Å². The largest absolute Gasteiger partial charge is 0.507 e. The van der Waals surface area contributed by atoms with E-state index in [1.54, 1.807) is 0 Å². The third-order valence-corrected chi connectivity index (χ3v) is 6.09. The molecule has 0 saturated heterocycles. The second-order valence-corrected chi connectivity index (χ2v) is 8.37. The minimum Gasteiger partial charge on any atom is -0.507 e. The van der Waals surface area contributed by atoms with E-state index in [-0.39, 0.29) is 46.0 Å². The summed E-state index contributed by atoms with van der Waals surface area (Å²) in [5.41, 5.74) is -0.182. The lowest BCUT2D eigenvalue weighted by Crippen LogP contribution is -2.41. The van der Waals surface area contributed by atoms with E-state index in [1.165, 1.54) is 36.3 Å². The second-order valence-electron chi connectivity index (χ2n) is 8.37. The van der Waals surface area contributed by atoms with Crippen molar-refractivity contribution in [3.8, 4) is 28.4 Å². The Balaban J connectivity index is 1.45. The molecule has 0 bridgehead atoms. The van der Waals surface area contributed by atoms with Gasteiger partial charge in [-0.1, -0.05) is 0 Å². The van der Waals surface area contributed by atoms with Crippen molar-refractivity contribution in [3.63, 3.8) is 0 Å². The first kappa shape index (κ1) is 20.5. The molecule has 0 radical (unpaired) electrons. The molecule has 0 amide bonds. The summed E-state index contributed by atoms with van der Waals surface area (Å²) in [6.45, 7) is 0. The summed E-state index contributed by atoms with van der Waals surface area (Å²) in [6.07, 6.45) is 6.01. The Morgan fingerprint density at radius 2 is 1.91 bits per heavy atom. The highest BCUT2D eigenvalue weighted by Crippen LogP contribution is 2.39. The minimum absolute atomic E-state index is 0.0105. The van der Waals surface area contributed by atoms with Gasteiger partial charge in [0.25, 0.3) is 5.56 Å². The van der Waals surface area contributed by atoms with E-state index >= 15 is 0 Å². The summed E-state index contributed by atoms with van der Waals surface area (Å²) in [6, 6.07) is 3.49. The average Bonchev–Trinajstić information content (AvgIpc) is 3.53. The van der Waals surface area contributed by atoms with Crippen LogP contribution in [0, 0.1) is 5.82 Å². The Bertz CT molecular complexity index is 1210. The van der Waals surface area contributed by atoms with E-state index in [9.17, 15) is 18.7 Å². The van der Waals surface area contributed by atoms with Crippen molar-refractivity contribution in [1.29, 1.82) is 0 Å². The van der Waals surface area contributed by atoms with Gasteiger partial charge >= 0.3 is 0 Å². The van der Waals surface area contributed by atoms with Gasteiger partial charge in [-0.05, 0) is 44.2 Å². The lowest BCUT2D eigenvalue weighted by Gasteiger charge is -2.30. The van der Waals surface area contributed by atoms with Crippen LogP contribution in [-0.4, -0.2) is 48.1 Å². The number of alkyl halides is 1. The molecule has 2 saturated carbocycles. The minimum atomic E-state index is -0.897. The van der Waals surface area contributed by atoms with Gasteiger partial charge in [-0.25, -0.2) is 18.7 Å². The number of phenolic OH excluding ortho intramolecular Hbond substituents is 1. The topological polar surface area (TPSA) is 97.0 Å². The van der Waals surface area contributed by atoms with E-state index in [2.05, 4.69) is 20.2 Å². The lowest BCUT2D eigenvalue weighted by atomic mass is 10.1. The number of hydrogen-bond donors (Lipinski definition) is 1. The summed E-state index contributed by atoms with van der Waals surface area (Å²) in [5.74, 6) is -0.409. The fraction of sp³-hybridized carbons (Fsp3) is 0.409. The molecule has 1 aromatic carbocycles. The molecule has 2 fully saturated rings. The van der Waals surface area contributed by atoms with Crippen LogP contribution in [-0.2, 0) is 7.05 Å². The first-order chi connectivity index (χ1) is 15.4. The predicted octanol–water partition coefficient (Wildman–Crippen LogP) is 3.00. The standard InChI is InChI=1S/C22H22F2N6O2/c1-29-11-26-17(9-21(29)32)13-8-19(31)14(7-16(13)24)22-25-10-20(27-28-22)30(12-5-6-12)18-4-2-3-15(18)23/h7-12,15,18,31H,2-6H2,1H3. The van der Waals surface area contributed by atoms with E-state index in [1.807, 2.05) is 4.90 Å². The van der Waals surface area contributed by atoms with Crippen molar-refractivity contribution in [2.45, 2.75) is 50.4 Å². The zero-order valence-corrected chi connectivity index (χ0v) is 17.4. The normalized spacial score (nSPS) is 20.5. The van der Waals surface area contributed by atoms with Gasteiger partial charge in [-0.3, -0.25) is 4.79 Å². The van der Waals surface area contributed by atoms with Gasteiger partial charge < -0.3 is 14.6 Å². The highest BCUT2D eigenvalue weighted by molar-refractivity contribution is 5.71. The number of rotatable bonds is 5. The highest BCUT2D eigenvalue weighted by atomic mass is 19.1. The van der Waals surface area contributed by atoms with Gasteiger partial charge in [-0.2, -0.15) is 0 Å². The third-order valence-electron chi connectivity index (χ3n) is 6.09. The molecule has 0 aliphatic heterocycles. The second kappa shape index (κ2) is 7.92. The first-order valence-electron chi connectivity index (χ1n) is 10.6. The molecule has 1 N–H and O–H groups in total. The van der Waals surface area contributed by atoms with Crippen LogP contribution in [0.5, 0.6) is 5.75 Å². The zero-order valence-electron chi connectivity index (χ0n) is 17.4. The number of nitrogens with zero attached hydrogens (tertiary/aromatic N) is 6. The SMILES string of the molecule is Cn1cnc(-c2cc(O)c(-c3ncc(N(C4CC4)C4CCCC4F)nn3)cc2F)cc1=O. The number of aryl methyl sites for hydroxylation is 1. The molecule has 166 valence electrons. The Hall–Kier alpha value is -3.43. The lowest BCUT2D eigenvalue weighted by molar-refractivity contribution is 0.299. The highest BCUT2D eigenvalue weighted by Gasteiger charge is 2.41. The monoisotopic (exact) mass is 440 g/mol. The quantitative estimate of drug-likeness (QED) is 0.651. The molecule has 8 nitrogen and oxygen atoms in total. The molecule has 2 aliphatic carbocycles. The van der Waals surface area contributed by atoms with Crippen molar-refractivity contribution in [2.24, 2.45) is 7.05 Å². The summed E-state index contributed by atoms with van der Waals surface area (Å²) in [7, 11) is 1.54. The van der Waals surface area contributed by atoms with Crippen molar-refractivity contribution in [2.75, 3.05) is 4.90 Å². The maximum absolute atomic E-state index is 14.8. The first-order valence-corrected chi connectivity index (χ1v) is 10.6. The molecule has 2 aliphatic rings. The number of aromatic hydroxyl groups is 1. The van der Waals surface area contributed by atoms with Gasteiger partial charge in [0.05, 0.1) is 29.8 Å². The average molecular weight is 440 g/mol. The molecule has 2 aromatic heterocycles.